The van der Waals surface area contributed by atoms with Crippen molar-refractivity contribution >= 4 is 10.9 Å². The molecule has 0 saturated heterocycles. The molecule has 0 spiro atoms. The van der Waals surface area contributed by atoms with E-state index in [4.69, 9.17) is 0 Å². The topological polar surface area (TPSA) is 53.6 Å². The second-order valence-electron chi connectivity index (χ2n) is 4.83. The zero-order chi connectivity index (χ0) is 12.7. The zero-order valence-electron chi connectivity index (χ0n) is 10.4. The lowest BCUT2D eigenvalue weighted by molar-refractivity contribution is 0.555. The minimum Gasteiger partial charge on any atom is -0.348 e. The third-order valence-corrected chi connectivity index (χ3v) is 3.72. The highest BCUT2D eigenvalue weighted by atomic mass is 15.0. The SMILES string of the molecule is c1cnc2c([C@@H]3NCCc4[nH]cnc43)cccc2c1. The van der Waals surface area contributed by atoms with Crippen molar-refractivity contribution in [1.29, 1.82) is 0 Å². The summed E-state index contributed by atoms with van der Waals surface area (Å²) in [5.74, 6) is 0. The van der Waals surface area contributed by atoms with E-state index in [-0.39, 0.29) is 6.04 Å². The van der Waals surface area contributed by atoms with E-state index in [9.17, 15) is 0 Å². The van der Waals surface area contributed by atoms with Crippen LogP contribution in [0.3, 0.4) is 0 Å². The van der Waals surface area contributed by atoms with Crippen molar-refractivity contribution in [2.24, 2.45) is 0 Å². The van der Waals surface area contributed by atoms with Crippen LogP contribution in [0.4, 0.5) is 0 Å². The molecule has 4 nitrogen and oxygen atoms in total. The number of benzene rings is 1. The Bertz CT molecular complexity index is 726. The number of fused-ring (bicyclic) bond motifs is 2. The molecule has 2 aromatic heterocycles. The normalized spacial score (nSPS) is 18.4. The van der Waals surface area contributed by atoms with Crippen molar-refractivity contribution in [2.45, 2.75) is 12.5 Å². The first-order valence-corrected chi connectivity index (χ1v) is 6.52. The van der Waals surface area contributed by atoms with Crippen LogP contribution in [0, 0.1) is 0 Å². The molecule has 0 bridgehead atoms. The number of hydrogen-bond acceptors (Lipinski definition) is 3. The summed E-state index contributed by atoms with van der Waals surface area (Å²) in [7, 11) is 0. The molecule has 0 saturated carbocycles. The van der Waals surface area contributed by atoms with Crippen molar-refractivity contribution in [3.8, 4) is 0 Å². The van der Waals surface area contributed by atoms with Crippen LogP contribution in [0.5, 0.6) is 0 Å². The summed E-state index contributed by atoms with van der Waals surface area (Å²) in [6.45, 7) is 0.961. The molecule has 19 heavy (non-hydrogen) atoms. The Kier molecular flexibility index (Phi) is 2.35. The predicted molar refractivity (Wildman–Crippen MR) is 73.9 cm³/mol. The highest BCUT2D eigenvalue weighted by molar-refractivity contribution is 5.82. The van der Waals surface area contributed by atoms with Gasteiger partial charge >= 0.3 is 0 Å². The van der Waals surface area contributed by atoms with Crippen molar-refractivity contribution in [3.05, 3.63) is 59.8 Å². The number of aromatic nitrogens is 3. The van der Waals surface area contributed by atoms with Crippen LogP contribution in [0.25, 0.3) is 10.9 Å². The maximum atomic E-state index is 4.54. The van der Waals surface area contributed by atoms with Crippen LogP contribution in [0.15, 0.2) is 42.9 Å². The summed E-state index contributed by atoms with van der Waals surface area (Å²) in [6, 6.07) is 10.5. The summed E-state index contributed by atoms with van der Waals surface area (Å²) < 4.78 is 0. The summed E-state index contributed by atoms with van der Waals surface area (Å²) in [5, 5.41) is 4.72. The molecular formula is C15H14N4. The second kappa shape index (κ2) is 4.17. The Hall–Kier alpha value is -2.20. The molecule has 1 aliphatic rings. The maximum Gasteiger partial charge on any atom is 0.0926 e. The van der Waals surface area contributed by atoms with Crippen LogP contribution >= 0.6 is 0 Å². The van der Waals surface area contributed by atoms with Gasteiger partial charge in [0.2, 0.25) is 0 Å². The van der Waals surface area contributed by atoms with Gasteiger partial charge in [-0.2, -0.15) is 0 Å². The van der Waals surface area contributed by atoms with E-state index in [0.717, 1.165) is 24.2 Å². The van der Waals surface area contributed by atoms with Gasteiger partial charge in [-0.3, -0.25) is 4.98 Å². The van der Waals surface area contributed by atoms with Gasteiger partial charge in [0.1, 0.15) is 0 Å². The van der Waals surface area contributed by atoms with Crippen LogP contribution in [0.2, 0.25) is 0 Å². The minimum absolute atomic E-state index is 0.133. The number of hydrogen-bond donors (Lipinski definition) is 2. The first-order valence-electron chi connectivity index (χ1n) is 6.52. The molecule has 0 amide bonds. The fourth-order valence-electron chi connectivity index (χ4n) is 2.84. The molecule has 1 aliphatic heterocycles. The van der Waals surface area contributed by atoms with Crippen molar-refractivity contribution in [2.75, 3.05) is 6.54 Å². The molecule has 0 unspecified atom stereocenters. The number of aromatic amines is 1. The molecule has 0 fully saturated rings. The number of nitrogens with zero attached hydrogens (tertiary/aromatic N) is 2. The van der Waals surface area contributed by atoms with Gasteiger partial charge in [0, 0.05) is 35.8 Å². The minimum atomic E-state index is 0.133. The Balaban J connectivity index is 1.93. The van der Waals surface area contributed by atoms with Crippen molar-refractivity contribution < 1.29 is 0 Å². The zero-order valence-corrected chi connectivity index (χ0v) is 10.4. The average Bonchev–Trinajstić information content (AvgIpc) is 2.95. The molecule has 2 N–H and O–H groups in total. The van der Waals surface area contributed by atoms with Crippen LogP contribution < -0.4 is 5.32 Å². The summed E-state index contributed by atoms with van der Waals surface area (Å²) >= 11 is 0. The molecule has 94 valence electrons. The van der Waals surface area contributed by atoms with Gasteiger partial charge in [-0.1, -0.05) is 24.3 Å². The van der Waals surface area contributed by atoms with E-state index in [2.05, 4.69) is 44.5 Å². The summed E-state index contributed by atoms with van der Waals surface area (Å²) in [5.41, 5.74) is 4.59. The quantitative estimate of drug-likeness (QED) is 0.696. The average molecular weight is 250 g/mol. The fraction of sp³-hybridized carbons (Fsp3) is 0.200. The van der Waals surface area contributed by atoms with Gasteiger partial charge in [-0.15, -0.1) is 0 Å². The molecule has 4 rings (SSSR count). The first kappa shape index (κ1) is 10.7. The monoisotopic (exact) mass is 250 g/mol. The lowest BCUT2D eigenvalue weighted by Gasteiger charge is -2.24. The van der Waals surface area contributed by atoms with E-state index in [1.807, 2.05) is 12.3 Å². The van der Waals surface area contributed by atoms with E-state index in [0.29, 0.717) is 0 Å². The lowest BCUT2D eigenvalue weighted by atomic mass is 9.96. The van der Waals surface area contributed by atoms with Gasteiger partial charge < -0.3 is 10.3 Å². The Labute approximate surface area is 110 Å². The van der Waals surface area contributed by atoms with Crippen molar-refractivity contribution in [1.82, 2.24) is 20.3 Å². The third-order valence-electron chi connectivity index (χ3n) is 3.72. The molecule has 1 aromatic carbocycles. The standard InChI is InChI=1S/C15H14N4/c1-3-10-4-2-7-16-13(10)11(5-1)14-15-12(6-8-17-14)18-9-19-15/h1-5,7,9,14,17H,6,8H2,(H,18,19)/t14-/m0/s1. The lowest BCUT2D eigenvalue weighted by Crippen LogP contribution is -2.30. The number of imidazole rings is 1. The van der Waals surface area contributed by atoms with Crippen LogP contribution in [0.1, 0.15) is 23.0 Å². The van der Waals surface area contributed by atoms with Crippen LogP contribution in [-0.4, -0.2) is 21.5 Å². The van der Waals surface area contributed by atoms with E-state index in [1.54, 1.807) is 6.33 Å². The molecule has 1 atom stereocenters. The Morgan fingerprint density at radius 3 is 3.05 bits per heavy atom. The first-order chi connectivity index (χ1) is 9.43. The van der Waals surface area contributed by atoms with Gasteiger partial charge in [-0.05, 0) is 6.07 Å². The number of para-hydroxylation sites is 1. The molecular weight excluding hydrogens is 236 g/mol. The van der Waals surface area contributed by atoms with Crippen LogP contribution in [-0.2, 0) is 6.42 Å². The number of nitrogens with one attached hydrogen (secondary N) is 2. The summed E-state index contributed by atoms with van der Waals surface area (Å²) in [6.07, 6.45) is 4.63. The van der Waals surface area contributed by atoms with E-state index >= 15 is 0 Å². The second-order valence-corrected chi connectivity index (χ2v) is 4.83. The summed E-state index contributed by atoms with van der Waals surface area (Å²) in [4.78, 5) is 12.2. The highest BCUT2D eigenvalue weighted by Crippen LogP contribution is 2.30. The number of rotatable bonds is 1. The molecule has 0 radical (unpaired) electrons. The van der Waals surface area contributed by atoms with Gasteiger partial charge in [-0.25, -0.2) is 4.98 Å². The fourth-order valence-corrected chi connectivity index (χ4v) is 2.84. The maximum absolute atomic E-state index is 4.54. The Morgan fingerprint density at radius 2 is 2.05 bits per heavy atom. The predicted octanol–water partition coefficient (Wildman–Crippen LogP) is 2.19. The van der Waals surface area contributed by atoms with E-state index in [1.165, 1.54) is 16.6 Å². The largest absolute Gasteiger partial charge is 0.348 e. The smallest absolute Gasteiger partial charge is 0.0926 e. The number of pyridine rings is 1. The number of H-pyrrole nitrogens is 1. The molecule has 3 aromatic rings. The molecule has 3 heterocycles. The van der Waals surface area contributed by atoms with E-state index < -0.39 is 0 Å². The van der Waals surface area contributed by atoms with Crippen molar-refractivity contribution in [3.63, 3.8) is 0 Å². The molecule has 0 aliphatic carbocycles. The third kappa shape index (κ3) is 1.64. The van der Waals surface area contributed by atoms with Gasteiger partial charge in [0.25, 0.3) is 0 Å². The van der Waals surface area contributed by atoms with Gasteiger partial charge in [0.15, 0.2) is 0 Å². The van der Waals surface area contributed by atoms with Gasteiger partial charge in [0.05, 0.1) is 23.6 Å². The highest BCUT2D eigenvalue weighted by Gasteiger charge is 2.25. The Morgan fingerprint density at radius 1 is 1.11 bits per heavy atom. The molecule has 4 heteroatoms.